The molecule has 6 heteroatoms. The van der Waals surface area contributed by atoms with E-state index in [2.05, 4.69) is 5.32 Å². The molecule has 0 spiro atoms. The standard InChI is InChI=1S/C22H25NO5/c1-4-15(2)20(16-10-6-5-7-11-16)22(26)28-14-19(24)23-18-13-9-8-12-17(18)21(25)27-3/h5-13,15,20H,4,14H2,1-3H3,(H,23,24)/t15-,20+/m0/s1. The van der Waals surface area contributed by atoms with Gasteiger partial charge >= 0.3 is 11.9 Å². The summed E-state index contributed by atoms with van der Waals surface area (Å²) in [6, 6.07) is 15.9. The molecule has 0 bridgehead atoms. The average molecular weight is 383 g/mol. The highest BCUT2D eigenvalue weighted by molar-refractivity contribution is 6.01. The van der Waals surface area contributed by atoms with Crippen LogP contribution in [0.25, 0.3) is 0 Å². The van der Waals surface area contributed by atoms with Crippen molar-refractivity contribution in [1.29, 1.82) is 0 Å². The third-order valence-corrected chi connectivity index (χ3v) is 4.58. The Hall–Kier alpha value is -3.15. The van der Waals surface area contributed by atoms with Crippen LogP contribution >= 0.6 is 0 Å². The maximum absolute atomic E-state index is 12.6. The molecule has 0 aliphatic rings. The predicted molar refractivity (Wildman–Crippen MR) is 106 cm³/mol. The van der Waals surface area contributed by atoms with Gasteiger partial charge < -0.3 is 14.8 Å². The van der Waals surface area contributed by atoms with Gasteiger partial charge in [-0.15, -0.1) is 0 Å². The molecule has 28 heavy (non-hydrogen) atoms. The Morgan fingerprint density at radius 3 is 2.29 bits per heavy atom. The lowest BCUT2D eigenvalue weighted by Gasteiger charge is -2.21. The molecule has 0 saturated carbocycles. The van der Waals surface area contributed by atoms with Crippen LogP contribution < -0.4 is 5.32 Å². The van der Waals surface area contributed by atoms with E-state index < -0.39 is 30.4 Å². The number of hydrogen-bond donors (Lipinski definition) is 1. The van der Waals surface area contributed by atoms with Gasteiger partial charge in [-0.1, -0.05) is 62.7 Å². The van der Waals surface area contributed by atoms with E-state index in [-0.39, 0.29) is 11.5 Å². The smallest absolute Gasteiger partial charge is 0.339 e. The van der Waals surface area contributed by atoms with Gasteiger partial charge in [-0.2, -0.15) is 0 Å². The van der Waals surface area contributed by atoms with Crippen LogP contribution in [0.1, 0.15) is 42.1 Å². The van der Waals surface area contributed by atoms with E-state index in [4.69, 9.17) is 9.47 Å². The number of esters is 2. The summed E-state index contributed by atoms with van der Waals surface area (Å²) in [5, 5.41) is 2.59. The first-order valence-electron chi connectivity index (χ1n) is 9.16. The van der Waals surface area contributed by atoms with Gasteiger partial charge in [0.15, 0.2) is 6.61 Å². The SMILES string of the molecule is CC[C@H](C)[C@@H](C(=O)OCC(=O)Nc1ccccc1C(=O)OC)c1ccccc1. The molecule has 0 unspecified atom stereocenters. The summed E-state index contributed by atoms with van der Waals surface area (Å²) in [6.45, 7) is 3.55. The van der Waals surface area contributed by atoms with Gasteiger partial charge in [0.05, 0.1) is 24.3 Å². The minimum absolute atomic E-state index is 0.0676. The quantitative estimate of drug-likeness (QED) is 0.702. The number of para-hydroxylation sites is 1. The van der Waals surface area contributed by atoms with Crippen LogP contribution in [0.5, 0.6) is 0 Å². The molecule has 0 aliphatic carbocycles. The minimum atomic E-state index is -0.561. The van der Waals surface area contributed by atoms with E-state index in [1.165, 1.54) is 7.11 Å². The Kier molecular flexibility index (Phi) is 7.75. The fourth-order valence-electron chi connectivity index (χ4n) is 2.89. The molecule has 2 aromatic rings. The number of carbonyl (C=O) groups is 3. The second-order valence-corrected chi connectivity index (χ2v) is 6.47. The molecular weight excluding hydrogens is 358 g/mol. The van der Waals surface area contributed by atoms with Gasteiger partial charge in [-0.3, -0.25) is 9.59 Å². The maximum Gasteiger partial charge on any atom is 0.339 e. The van der Waals surface area contributed by atoms with E-state index in [1.807, 2.05) is 44.2 Å². The van der Waals surface area contributed by atoms with Gasteiger partial charge in [-0.25, -0.2) is 4.79 Å². The number of carbonyl (C=O) groups excluding carboxylic acids is 3. The van der Waals surface area contributed by atoms with Crippen LogP contribution in [-0.2, 0) is 19.1 Å². The van der Waals surface area contributed by atoms with Crippen LogP contribution in [0.3, 0.4) is 0 Å². The molecule has 1 N–H and O–H groups in total. The Bertz CT molecular complexity index is 819. The lowest BCUT2D eigenvalue weighted by Crippen LogP contribution is -2.27. The number of methoxy groups -OCH3 is 1. The van der Waals surface area contributed by atoms with Crippen LogP contribution in [0.15, 0.2) is 54.6 Å². The molecule has 1 amide bonds. The monoisotopic (exact) mass is 383 g/mol. The van der Waals surface area contributed by atoms with E-state index in [0.29, 0.717) is 5.69 Å². The van der Waals surface area contributed by atoms with Crippen molar-refractivity contribution < 1.29 is 23.9 Å². The van der Waals surface area contributed by atoms with Crippen molar-refractivity contribution >= 4 is 23.5 Å². The first kappa shape index (κ1) is 21.2. The Labute approximate surface area is 164 Å². The van der Waals surface area contributed by atoms with Crippen molar-refractivity contribution in [3.8, 4) is 0 Å². The summed E-state index contributed by atoms with van der Waals surface area (Å²) in [5.41, 5.74) is 1.39. The average Bonchev–Trinajstić information content (AvgIpc) is 2.73. The number of benzene rings is 2. The number of hydrogen-bond acceptors (Lipinski definition) is 5. The summed E-state index contributed by atoms with van der Waals surface area (Å²) in [7, 11) is 1.27. The highest BCUT2D eigenvalue weighted by Crippen LogP contribution is 2.28. The van der Waals surface area contributed by atoms with Gasteiger partial charge in [0.1, 0.15) is 0 Å². The van der Waals surface area contributed by atoms with Crippen molar-refractivity contribution in [1.82, 2.24) is 0 Å². The largest absolute Gasteiger partial charge is 0.465 e. The van der Waals surface area contributed by atoms with E-state index in [9.17, 15) is 14.4 Å². The number of rotatable bonds is 8. The highest BCUT2D eigenvalue weighted by atomic mass is 16.5. The summed E-state index contributed by atoms with van der Waals surface area (Å²) in [5.74, 6) is -1.91. The Balaban J connectivity index is 2.03. The van der Waals surface area contributed by atoms with Crippen LogP contribution in [0, 0.1) is 5.92 Å². The maximum atomic E-state index is 12.6. The molecule has 2 atom stereocenters. The summed E-state index contributed by atoms with van der Waals surface area (Å²) in [4.78, 5) is 36.7. The molecule has 2 rings (SSSR count). The van der Waals surface area contributed by atoms with Crippen molar-refractivity contribution in [2.75, 3.05) is 19.0 Å². The lowest BCUT2D eigenvalue weighted by atomic mass is 9.86. The van der Waals surface area contributed by atoms with E-state index in [0.717, 1.165) is 12.0 Å². The number of ether oxygens (including phenoxy) is 2. The second kappa shape index (κ2) is 10.3. The van der Waals surface area contributed by atoms with Crippen molar-refractivity contribution in [2.24, 2.45) is 5.92 Å². The zero-order chi connectivity index (χ0) is 20.5. The van der Waals surface area contributed by atoms with Gasteiger partial charge in [0.25, 0.3) is 5.91 Å². The van der Waals surface area contributed by atoms with E-state index in [1.54, 1.807) is 24.3 Å². The predicted octanol–water partition coefficient (Wildman–Crippen LogP) is 3.78. The molecule has 0 radical (unpaired) electrons. The first-order valence-corrected chi connectivity index (χ1v) is 9.16. The number of amides is 1. The second-order valence-electron chi connectivity index (χ2n) is 6.47. The third kappa shape index (κ3) is 5.42. The summed E-state index contributed by atoms with van der Waals surface area (Å²) < 4.78 is 9.98. The Morgan fingerprint density at radius 1 is 1.00 bits per heavy atom. The molecule has 0 fully saturated rings. The molecule has 2 aromatic carbocycles. The zero-order valence-corrected chi connectivity index (χ0v) is 16.3. The van der Waals surface area contributed by atoms with Crippen molar-refractivity contribution in [3.05, 3.63) is 65.7 Å². The normalized spacial score (nSPS) is 12.5. The number of nitrogens with one attached hydrogen (secondary N) is 1. The first-order chi connectivity index (χ1) is 13.5. The van der Waals surface area contributed by atoms with E-state index >= 15 is 0 Å². The van der Waals surface area contributed by atoms with Crippen LogP contribution in [0.2, 0.25) is 0 Å². The van der Waals surface area contributed by atoms with Gasteiger partial charge in [0.2, 0.25) is 0 Å². The van der Waals surface area contributed by atoms with Crippen molar-refractivity contribution in [3.63, 3.8) is 0 Å². The third-order valence-electron chi connectivity index (χ3n) is 4.58. The highest BCUT2D eigenvalue weighted by Gasteiger charge is 2.28. The Morgan fingerprint density at radius 2 is 1.64 bits per heavy atom. The zero-order valence-electron chi connectivity index (χ0n) is 16.3. The fourth-order valence-corrected chi connectivity index (χ4v) is 2.89. The molecule has 0 heterocycles. The fraction of sp³-hybridized carbons (Fsp3) is 0.318. The number of anilines is 1. The topological polar surface area (TPSA) is 81.7 Å². The van der Waals surface area contributed by atoms with Crippen molar-refractivity contribution in [2.45, 2.75) is 26.2 Å². The minimum Gasteiger partial charge on any atom is -0.465 e. The molecular formula is C22H25NO5. The molecule has 0 aromatic heterocycles. The van der Waals surface area contributed by atoms with Gasteiger partial charge in [-0.05, 0) is 23.6 Å². The molecule has 148 valence electrons. The molecule has 0 aliphatic heterocycles. The summed E-state index contributed by atoms with van der Waals surface area (Å²) in [6.07, 6.45) is 0.799. The lowest BCUT2D eigenvalue weighted by molar-refractivity contribution is -0.150. The summed E-state index contributed by atoms with van der Waals surface area (Å²) >= 11 is 0. The van der Waals surface area contributed by atoms with Crippen LogP contribution in [-0.4, -0.2) is 31.6 Å². The van der Waals surface area contributed by atoms with Gasteiger partial charge in [0, 0.05) is 0 Å². The molecule has 6 nitrogen and oxygen atoms in total. The molecule has 0 saturated heterocycles. The van der Waals surface area contributed by atoms with Crippen LogP contribution in [0.4, 0.5) is 5.69 Å².